The van der Waals surface area contributed by atoms with Crippen molar-refractivity contribution in [3.05, 3.63) is 95.6 Å². The van der Waals surface area contributed by atoms with Gasteiger partial charge in [-0.1, -0.05) is 42.5 Å². The van der Waals surface area contributed by atoms with E-state index in [1.165, 1.54) is 36.7 Å². The average molecular weight is 363 g/mol. The lowest BCUT2D eigenvalue weighted by Crippen LogP contribution is -2.26. The number of nitrogens with zero attached hydrogens (tertiary/aromatic N) is 2. The smallest absolute Gasteiger partial charge is 0.257 e. The molecule has 0 spiro atoms. The number of anilines is 1. The highest BCUT2D eigenvalue weighted by Crippen LogP contribution is 2.15. The minimum absolute atomic E-state index is 0.0698. The number of nitrogens with one attached hydrogen (secondary N) is 1. The van der Waals surface area contributed by atoms with Crippen LogP contribution in [0.25, 0.3) is 0 Å². The van der Waals surface area contributed by atoms with E-state index in [0.717, 1.165) is 5.56 Å². The van der Waals surface area contributed by atoms with Crippen molar-refractivity contribution < 1.29 is 14.0 Å². The zero-order valence-electron chi connectivity index (χ0n) is 14.7. The van der Waals surface area contributed by atoms with Gasteiger partial charge in [0.2, 0.25) is 0 Å². The van der Waals surface area contributed by atoms with Gasteiger partial charge < -0.3 is 10.2 Å². The molecule has 3 rings (SSSR count). The molecule has 0 saturated heterocycles. The van der Waals surface area contributed by atoms with Gasteiger partial charge in [-0.15, -0.1) is 0 Å². The first-order valence-electron chi connectivity index (χ1n) is 8.35. The van der Waals surface area contributed by atoms with Crippen LogP contribution in [-0.4, -0.2) is 28.7 Å². The second kappa shape index (κ2) is 8.23. The predicted molar refractivity (Wildman–Crippen MR) is 101 cm³/mol. The fourth-order valence-corrected chi connectivity index (χ4v) is 2.59. The number of para-hydroxylation sites is 1. The van der Waals surface area contributed by atoms with Gasteiger partial charge in [0, 0.05) is 26.0 Å². The first kappa shape index (κ1) is 18.3. The zero-order chi connectivity index (χ0) is 19.2. The number of carbonyl (C=O) groups is 2. The molecule has 0 bridgehead atoms. The normalized spacial score (nSPS) is 10.3. The predicted octanol–water partition coefficient (Wildman–Crippen LogP) is 3.75. The van der Waals surface area contributed by atoms with Gasteiger partial charge in [-0.2, -0.15) is 0 Å². The largest absolute Gasteiger partial charge is 0.337 e. The summed E-state index contributed by atoms with van der Waals surface area (Å²) < 4.78 is 13.7. The molecular formula is C21H18FN3O2. The maximum atomic E-state index is 13.7. The van der Waals surface area contributed by atoms with Crippen LogP contribution in [0.3, 0.4) is 0 Å². The molecule has 0 unspecified atom stereocenters. The van der Waals surface area contributed by atoms with Crippen LogP contribution in [0.5, 0.6) is 0 Å². The molecule has 27 heavy (non-hydrogen) atoms. The van der Waals surface area contributed by atoms with E-state index in [4.69, 9.17) is 0 Å². The monoisotopic (exact) mass is 363 g/mol. The Kier molecular flexibility index (Phi) is 5.56. The Morgan fingerprint density at radius 1 is 1.00 bits per heavy atom. The topological polar surface area (TPSA) is 62.3 Å². The van der Waals surface area contributed by atoms with Gasteiger partial charge in [-0.25, -0.2) is 4.39 Å². The quantitative estimate of drug-likeness (QED) is 0.751. The Labute approximate surface area is 156 Å². The number of amides is 2. The Balaban J connectivity index is 1.73. The van der Waals surface area contributed by atoms with E-state index in [1.807, 2.05) is 30.3 Å². The van der Waals surface area contributed by atoms with E-state index in [0.29, 0.717) is 6.54 Å². The van der Waals surface area contributed by atoms with Gasteiger partial charge in [-0.05, 0) is 23.8 Å². The molecule has 2 aromatic carbocycles. The molecule has 6 heteroatoms. The summed E-state index contributed by atoms with van der Waals surface area (Å²) in [6.45, 7) is 0.436. The number of pyridine rings is 1. The van der Waals surface area contributed by atoms with Crippen LogP contribution >= 0.6 is 0 Å². The van der Waals surface area contributed by atoms with Crippen molar-refractivity contribution in [1.29, 1.82) is 0 Å². The molecular weight excluding hydrogens is 345 g/mol. The molecule has 136 valence electrons. The van der Waals surface area contributed by atoms with Crippen LogP contribution in [-0.2, 0) is 6.54 Å². The molecule has 5 nitrogen and oxygen atoms in total. The fraction of sp³-hybridized carbons (Fsp3) is 0.0952. The summed E-state index contributed by atoms with van der Waals surface area (Å²) in [6.07, 6.45) is 2.74. The third kappa shape index (κ3) is 4.55. The summed E-state index contributed by atoms with van der Waals surface area (Å²) in [5, 5.41) is 2.48. The van der Waals surface area contributed by atoms with Gasteiger partial charge in [0.05, 0.1) is 16.8 Å². The molecule has 2 amide bonds. The van der Waals surface area contributed by atoms with Crippen LogP contribution in [0.1, 0.15) is 26.3 Å². The minimum atomic E-state index is -0.534. The van der Waals surface area contributed by atoms with Gasteiger partial charge in [0.15, 0.2) is 0 Å². The zero-order valence-corrected chi connectivity index (χ0v) is 14.7. The number of benzene rings is 2. The maximum Gasteiger partial charge on any atom is 0.257 e. The molecule has 3 aromatic rings. The van der Waals surface area contributed by atoms with Gasteiger partial charge >= 0.3 is 0 Å². The Bertz CT molecular complexity index is 960. The number of aromatic nitrogens is 1. The molecule has 0 aliphatic heterocycles. The lowest BCUT2D eigenvalue weighted by Gasteiger charge is -2.17. The highest BCUT2D eigenvalue weighted by Gasteiger charge is 2.16. The van der Waals surface area contributed by atoms with Crippen LogP contribution in [0.2, 0.25) is 0 Å². The summed E-state index contributed by atoms with van der Waals surface area (Å²) in [7, 11) is 1.68. The summed E-state index contributed by atoms with van der Waals surface area (Å²) in [4.78, 5) is 30.5. The highest BCUT2D eigenvalue weighted by atomic mass is 19.1. The van der Waals surface area contributed by atoms with Gasteiger partial charge in [0.25, 0.3) is 11.8 Å². The standard InChI is InChI=1S/C21H18FN3O2/c1-25(14-15-7-3-2-4-8-15)21(27)17-11-16(12-23-13-17)20(26)24-19-10-6-5-9-18(19)22/h2-13H,14H2,1H3,(H,24,26). The van der Waals surface area contributed by atoms with Gasteiger partial charge in [0.1, 0.15) is 5.82 Å². The molecule has 1 N–H and O–H groups in total. The van der Waals surface area contributed by atoms with Crippen molar-refractivity contribution in [3.8, 4) is 0 Å². The van der Waals surface area contributed by atoms with E-state index < -0.39 is 11.7 Å². The molecule has 1 heterocycles. The number of halogens is 1. The summed E-state index contributed by atoms with van der Waals surface area (Å²) in [5.74, 6) is -1.33. The molecule has 0 aliphatic rings. The van der Waals surface area contributed by atoms with Crippen molar-refractivity contribution >= 4 is 17.5 Å². The van der Waals surface area contributed by atoms with E-state index in [2.05, 4.69) is 10.3 Å². The van der Waals surface area contributed by atoms with Crippen molar-refractivity contribution in [2.45, 2.75) is 6.54 Å². The molecule has 0 fully saturated rings. The third-order valence-electron chi connectivity index (χ3n) is 3.98. The summed E-state index contributed by atoms with van der Waals surface area (Å²) in [5.41, 5.74) is 1.53. The fourth-order valence-electron chi connectivity index (χ4n) is 2.59. The van der Waals surface area contributed by atoms with Crippen molar-refractivity contribution in [2.24, 2.45) is 0 Å². The number of rotatable bonds is 5. The second-order valence-corrected chi connectivity index (χ2v) is 6.04. The second-order valence-electron chi connectivity index (χ2n) is 6.04. The number of carbonyl (C=O) groups excluding carboxylic acids is 2. The first-order valence-corrected chi connectivity index (χ1v) is 8.35. The minimum Gasteiger partial charge on any atom is -0.337 e. The number of hydrogen-bond donors (Lipinski definition) is 1. The molecule has 1 aromatic heterocycles. The third-order valence-corrected chi connectivity index (χ3v) is 3.98. The van der Waals surface area contributed by atoms with Crippen molar-refractivity contribution in [2.75, 3.05) is 12.4 Å². The first-order chi connectivity index (χ1) is 13.0. The van der Waals surface area contributed by atoms with E-state index in [-0.39, 0.29) is 22.7 Å². The van der Waals surface area contributed by atoms with E-state index >= 15 is 0 Å². The lowest BCUT2D eigenvalue weighted by molar-refractivity contribution is 0.0784. The summed E-state index contributed by atoms with van der Waals surface area (Å²) in [6, 6.07) is 16.9. The molecule has 0 aliphatic carbocycles. The Hall–Kier alpha value is -3.54. The van der Waals surface area contributed by atoms with Gasteiger partial charge in [-0.3, -0.25) is 14.6 Å². The average Bonchev–Trinajstić information content (AvgIpc) is 2.70. The van der Waals surface area contributed by atoms with E-state index in [1.54, 1.807) is 18.0 Å². The Morgan fingerprint density at radius 3 is 2.41 bits per heavy atom. The molecule has 0 atom stereocenters. The van der Waals surface area contributed by atoms with Crippen LogP contribution < -0.4 is 5.32 Å². The van der Waals surface area contributed by atoms with Crippen LogP contribution in [0.15, 0.2) is 73.1 Å². The van der Waals surface area contributed by atoms with Crippen LogP contribution in [0, 0.1) is 5.82 Å². The van der Waals surface area contributed by atoms with Crippen molar-refractivity contribution in [3.63, 3.8) is 0 Å². The highest BCUT2D eigenvalue weighted by molar-refractivity contribution is 6.05. The SMILES string of the molecule is CN(Cc1ccccc1)C(=O)c1cncc(C(=O)Nc2ccccc2F)c1. The van der Waals surface area contributed by atoms with Crippen molar-refractivity contribution in [1.82, 2.24) is 9.88 Å². The summed E-state index contributed by atoms with van der Waals surface area (Å²) >= 11 is 0. The molecule has 0 saturated carbocycles. The molecule has 0 radical (unpaired) electrons. The maximum absolute atomic E-state index is 13.7. The lowest BCUT2D eigenvalue weighted by atomic mass is 10.1. The van der Waals surface area contributed by atoms with E-state index in [9.17, 15) is 14.0 Å². The Morgan fingerprint density at radius 2 is 1.67 bits per heavy atom. The van der Waals surface area contributed by atoms with Crippen LogP contribution in [0.4, 0.5) is 10.1 Å². The number of hydrogen-bond acceptors (Lipinski definition) is 3.